The van der Waals surface area contributed by atoms with Gasteiger partial charge in [-0.1, -0.05) is 26.7 Å². The zero-order valence-corrected chi connectivity index (χ0v) is 14.3. The maximum absolute atomic E-state index is 10.1. The molecule has 0 aromatic rings. The van der Waals surface area contributed by atoms with Gasteiger partial charge in [-0.25, -0.2) is 0 Å². The second kappa shape index (κ2) is 25.5. The van der Waals surface area contributed by atoms with Crippen molar-refractivity contribution in [1.29, 1.82) is 0 Å². The van der Waals surface area contributed by atoms with Gasteiger partial charge >= 0.3 is 23.9 Å². The first-order valence-electron chi connectivity index (χ1n) is 5.68. The minimum atomic E-state index is -1.38. The number of nitrogens with zero attached hydrogens (tertiary/aromatic N) is 1. The Morgan fingerprint density at radius 3 is 1.67 bits per heavy atom. The van der Waals surface area contributed by atoms with E-state index in [1.54, 1.807) is 0 Å². The van der Waals surface area contributed by atoms with Crippen molar-refractivity contribution in [3.63, 3.8) is 0 Å². The van der Waals surface area contributed by atoms with Crippen molar-refractivity contribution < 1.29 is 15.0 Å². The van der Waals surface area contributed by atoms with Crippen LogP contribution in [0.2, 0.25) is 0 Å². The fourth-order valence-corrected chi connectivity index (χ4v) is 0.217. The SMILES string of the molecule is NCC([O-])=NCC(=O)[O-].[CH2-]CCC.[CH2-]CCC.[Sn+4]. The number of carbonyl (C=O) groups excluding carboxylic acids is 1. The van der Waals surface area contributed by atoms with E-state index in [1.807, 2.05) is 0 Å². The summed E-state index contributed by atoms with van der Waals surface area (Å²) in [6, 6.07) is 0. The fraction of sp³-hybridized carbons (Fsp3) is 0.667. The summed E-state index contributed by atoms with van der Waals surface area (Å²) in [5.74, 6) is -2.00. The number of aliphatic carboxylic acids is 1. The Bertz CT molecular complexity index is 180. The molecule has 0 aromatic carbocycles. The smallest absolute Gasteiger partial charge is 0.861 e. The maximum atomic E-state index is 10.1. The van der Waals surface area contributed by atoms with Crippen LogP contribution in [0.1, 0.15) is 39.5 Å². The van der Waals surface area contributed by atoms with Gasteiger partial charge in [0.05, 0.1) is 12.5 Å². The number of unbranched alkanes of at least 4 members (excludes halogenated alkanes) is 2. The van der Waals surface area contributed by atoms with Crippen LogP contribution in [0, 0.1) is 13.8 Å². The normalized spacial score (nSPS) is 9.06. The number of aliphatic imine (C=N–C) groups is 1. The van der Waals surface area contributed by atoms with Gasteiger partial charge in [0.2, 0.25) is 0 Å². The van der Waals surface area contributed by atoms with Crippen LogP contribution in [-0.2, 0) is 4.79 Å². The molecule has 0 amide bonds. The summed E-state index contributed by atoms with van der Waals surface area (Å²) in [5, 5.41) is 19.8. The number of nitrogens with two attached hydrogens (primary N) is 1. The largest absolute Gasteiger partial charge is 4.00 e. The molecule has 0 spiro atoms. The number of carboxylic acid groups (broad SMARTS) is 1. The molecule has 0 radical (unpaired) electrons. The van der Waals surface area contributed by atoms with Crippen LogP contribution < -0.4 is 15.9 Å². The minimum absolute atomic E-state index is 0. The van der Waals surface area contributed by atoms with Crippen LogP contribution in [0.3, 0.4) is 0 Å². The second-order valence-electron chi connectivity index (χ2n) is 2.99. The first-order chi connectivity index (χ1) is 7.99. The summed E-state index contributed by atoms with van der Waals surface area (Å²) >= 11 is 0. The van der Waals surface area contributed by atoms with E-state index in [1.165, 1.54) is 12.8 Å². The number of carboxylic acids is 1. The van der Waals surface area contributed by atoms with Gasteiger partial charge in [-0.2, -0.15) is 12.8 Å². The van der Waals surface area contributed by atoms with Crippen LogP contribution in [0.15, 0.2) is 4.99 Å². The molecule has 0 unspecified atom stereocenters. The Balaban J connectivity index is -0.0000000922. The molecule has 0 aliphatic heterocycles. The van der Waals surface area contributed by atoms with Crippen LogP contribution in [-0.4, -0.2) is 48.9 Å². The van der Waals surface area contributed by atoms with Crippen LogP contribution in [0.25, 0.3) is 0 Å². The van der Waals surface area contributed by atoms with Crippen molar-refractivity contribution in [3.8, 4) is 0 Å². The molecule has 104 valence electrons. The third kappa shape index (κ3) is 44.8. The predicted octanol–water partition coefficient (Wildman–Crippen LogP) is -0.686. The zero-order valence-electron chi connectivity index (χ0n) is 11.4. The Morgan fingerprint density at radius 2 is 1.50 bits per heavy atom. The van der Waals surface area contributed by atoms with Gasteiger partial charge in [0.1, 0.15) is 0 Å². The van der Waals surface area contributed by atoms with Gasteiger partial charge in [-0.3, -0.25) is 4.99 Å². The predicted molar refractivity (Wildman–Crippen MR) is 72.6 cm³/mol. The van der Waals surface area contributed by atoms with E-state index < -0.39 is 18.4 Å². The van der Waals surface area contributed by atoms with Crippen molar-refractivity contribution in [1.82, 2.24) is 0 Å². The van der Waals surface area contributed by atoms with Crippen LogP contribution in [0.4, 0.5) is 0 Å². The first-order valence-corrected chi connectivity index (χ1v) is 5.68. The molecule has 2 N–H and O–H groups in total. The van der Waals surface area contributed by atoms with Gasteiger partial charge in [0, 0.05) is 6.54 Å². The molecule has 0 rings (SSSR count). The number of rotatable bonds is 5. The molecule has 0 aromatic heterocycles. The second-order valence-corrected chi connectivity index (χ2v) is 2.99. The first kappa shape index (κ1) is 26.3. The van der Waals surface area contributed by atoms with Gasteiger partial charge in [-0.15, -0.1) is 0 Å². The van der Waals surface area contributed by atoms with Crippen molar-refractivity contribution in [2.45, 2.75) is 39.5 Å². The molecule has 0 aliphatic rings. The Kier molecular flexibility index (Phi) is 37.3. The van der Waals surface area contributed by atoms with Crippen LogP contribution in [0.5, 0.6) is 0 Å². The molecular weight excluding hydrogens is 339 g/mol. The van der Waals surface area contributed by atoms with E-state index in [0.717, 1.165) is 12.8 Å². The summed E-state index contributed by atoms with van der Waals surface area (Å²) in [7, 11) is 0. The third-order valence-corrected chi connectivity index (χ3v) is 1.27. The van der Waals surface area contributed by atoms with Crippen molar-refractivity contribution in [3.05, 3.63) is 13.8 Å². The van der Waals surface area contributed by atoms with E-state index in [2.05, 4.69) is 32.7 Å². The fourth-order valence-electron chi connectivity index (χ4n) is 0.217. The number of hydrogen-bond acceptors (Lipinski definition) is 5. The van der Waals surface area contributed by atoms with Crippen molar-refractivity contribution in [2.75, 3.05) is 13.1 Å². The summed E-state index contributed by atoms with van der Waals surface area (Å²) in [4.78, 5) is 12.6. The molecule has 0 fully saturated rings. The Labute approximate surface area is 128 Å². The molecule has 18 heavy (non-hydrogen) atoms. The molecule has 0 atom stereocenters. The van der Waals surface area contributed by atoms with Gasteiger partial charge in [0.15, 0.2) is 0 Å². The minimum Gasteiger partial charge on any atom is -0.861 e. The number of carbonyl (C=O) groups is 1. The molecule has 0 saturated heterocycles. The quantitative estimate of drug-likeness (QED) is 0.303. The summed E-state index contributed by atoms with van der Waals surface area (Å²) in [6.45, 7) is 10.6. The summed E-state index contributed by atoms with van der Waals surface area (Å²) < 4.78 is 0. The zero-order chi connectivity index (χ0) is 14.1. The van der Waals surface area contributed by atoms with E-state index in [9.17, 15) is 15.0 Å². The van der Waals surface area contributed by atoms with E-state index >= 15 is 0 Å². The third-order valence-electron chi connectivity index (χ3n) is 1.27. The molecule has 5 nitrogen and oxygen atoms in total. The molecule has 0 saturated carbocycles. The monoisotopic (exact) mass is 364 g/mol. The molecule has 0 bridgehead atoms. The van der Waals surface area contributed by atoms with Gasteiger partial charge in [-0.05, 0) is 5.90 Å². The maximum Gasteiger partial charge on any atom is 4.00 e. The molecule has 6 heteroatoms. The van der Waals surface area contributed by atoms with Gasteiger partial charge in [0.25, 0.3) is 0 Å². The summed E-state index contributed by atoms with van der Waals surface area (Å²) in [6.07, 6.45) is 4.56. The Hall–Kier alpha value is -0.301. The van der Waals surface area contributed by atoms with Crippen LogP contribution >= 0.6 is 0 Å². The van der Waals surface area contributed by atoms with E-state index in [0.29, 0.717) is 0 Å². The van der Waals surface area contributed by atoms with E-state index in [-0.39, 0.29) is 30.5 Å². The van der Waals surface area contributed by atoms with Crippen molar-refractivity contribution >= 4 is 35.8 Å². The summed E-state index contributed by atoms with van der Waals surface area (Å²) in [5.41, 5.74) is 4.80. The average Bonchev–Trinajstić information content (AvgIpc) is 2.36. The molecular formula is C12H24N2O3Sn. The van der Waals surface area contributed by atoms with Gasteiger partial charge < -0.3 is 34.6 Å². The van der Waals surface area contributed by atoms with Crippen molar-refractivity contribution in [2.24, 2.45) is 10.7 Å². The standard InChI is InChI=1S/C4H8N2O3.2C4H9.Sn/c5-1-3(7)6-2-4(8)9;2*1-3-4-2;/h1-2,5H2,(H,6,7)(H,8,9);2*1,3-4H2,2H3;/q;2*-1;+4/p-2. The topological polar surface area (TPSA) is 102 Å². The molecule has 0 heterocycles. The van der Waals surface area contributed by atoms with E-state index in [4.69, 9.17) is 5.73 Å². The molecule has 0 aliphatic carbocycles. The average molecular weight is 363 g/mol. The Morgan fingerprint density at radius 1 is 1.17 bits per heavy atom. The number of hydrogen-bond donors (Lipinski definition) is 1.